The van der Waals surface area contributed by atoms with E-state index in [0.29, 0.717) is 29.1 Å². The highest BCUT2D eigenvalue weighted by Gasteiger charge is 2.20. The first-order chi connectivity index (χ1) is 13.3. The second-order valence-electron chi connectivity index (χ2n) is 7.15. The van der Waals surface area contributed by atoms with Gasteiger partial charge in [0.25, 0.3) is 0 Å². The molecule has 1 unspecified atom stereocenters. The molecule has 4 N–H and O–H groups in total. The molecule has 1 amide bonds. The van der Waals surface area contributed by atoms with Gasteiger partial charge < -0.3 is 25.6 Å². The molecule has 0 radical (unpaired) electrons. The third-order valence-electron chi connectivity index (χ3n) is 3.81. The van der Waals surface area contributed by atoms with Crippen molar-refractivity contribution in [1.29, 1.82) is 0 Å². The summed E-state index contributed by atoms with van der Waals surface area (Å²) >= 11 is 0. The summed E-state index contributed by atoms with van der Waals surface area (Å²) in [6.45, 7) is 5.96. The van der Waals surface area contributed by atoms with E-state index in [2.05, 4.69) is 40.6 Å². The first kappa shape index (κ1) is 20.0. The third kappa shape index (κ3) is 4.37. The molecule has 12 heteroatoms. The van der Waals surface area contributed by atoms with E-state index in [1.165, 1.54) is 4.52 Å². The summed E-state index contributed by atoms with van der Waals surface area (Å²) < 4.78 is 12.0. The molecule has 3 aromatic rings. The third-order valence-corrected chi connectivity index (χ3v) is 4.01. The number of amides is 1. The summed E-state index contributed by atoms with van der Waals surface area (Å²) in [5.74, 6) is 0. The Morgan fingerprint density at radius 1 is 1.43 bits per heavy atom. The Morgan fingerprint density at radius 3 is 2.93 bits per heavy atom. The Kier molecular flexibility index (Phi) is 5.76. The number of rotatable bonds is 6. The second-order valence-corrected chi connectivity index (χ2v) is 7.49. The zero-order valence-corrected chi connectivity index (χ0v) is 17.0. The summed E-state index contributed by atoms with van der Waals surface area (Å²) in [6, 6.07) is 1.52. The lowest BCUT2D eigenvalue weighted by Gasteiger charge is -2.24. The highest BCUT2D eigenvalue weighted by Crippen LogP contribution is 2.32. The number of nitrogen functional groups attached to an aromatic ring is 1. The molecule has 0 spiro atoms. The van der Waals surface area contributed by atoms with E-state index in [-0.39, 0.29) is 12.6 Å². The standard InChI is InChI=1S/C16H23N8O3P/c1-16(2,3)27-15(25)19-6-9(8-26-28)20-13-10-4-5-18-7-11(10)24-14(12(13)17)21-22-23-24/h4-5,7,9,20H,6,8,17,28H2,1-3H3,(H,19,25)/t9-/m0/s1. The number of carbonyl (C=O) groups excluding carboxylic acids is 1. The summed E-state index contributed by atoms with van der Waals surface area (Å²) in [7, 11) is 2.19. The first-order valence-corrected chi connectivity index (χ1v) is 9.05. The normalized spacial score (nSPS) is 12.9. The largest absolute Gasteiger partial charge is 0.444 e. The van der Waals surface area contributed by atoms with E-state index >= 15 is 0 Å². The van der Waals surface area contributed by atoms with Crippen LogP contribution in [0, 0.1) is 0 Å². The van der Waals surface area contributed by atoms with Crippen LogP contribution in [0.3, 0.4) is 0 Å². The molecule has 28 heavy (non-hydrogen) atoms. The van der Waals surface area contributed by atoms with Gasteiger partial charge in [0.1, 0.15) is 11.3 Å². The molecular weight excluding hydrogens is 383 g/mol. The molecule has 2 atom stereocenters. The number of nitrogens with zero attached hydrogens (tertiary/aromatic N) is 5. The topological polar surface area (TPSA) is 142 Å². The average Bonchev–Trinajstić information content (AvgIpc) is 3.12. The van der Waals surface area contributed by atoms with E-state index < -0.39 is 11.7 Å². The van der Waals surface area contributed by atoms with Gasteiger partial charge in [0, 0.05) is 27.6 Å². The van der Waals surface area contributed by atoms with Crippen molar-refractivity contribution in [3.8, 4) is 0 Å². The van der Waals surface area contributed by atoms with Crippen molar-refractivity contribution in [3.05, 3.63) is 18.5 Å². The second kappa shape index (κ2) is 8.07. The maximum absolute atomic E-state index is 12.0. The van der Waals surface area contributed by atoms with Crippen LogP contribution in [-0.2, 0) is 9.26 Å². The Labute approximate surface area is 163 Å². The minimum Gasteiger partial charge on any atom is -0.444 e. The van der Waals surface area contributed by atoms with E-state index in [1.807, 2.05) is 6.07 Å². The first-order valence-electron chi connectivity index (χ1n) is 8.58. The van der Waals surface area contributed by atoms with Crippen molar-refractivity contribution in [1.82, 2.24) is 30.3 Å². The van der Waals surface area contributed by atoms with E-state index in [4.69, 9.17) is 15.0 Å². The minimum atomic E-state index is -0.580. The van der Waals surface area contributed by atoms with Gasteiger partial charge in [-0.15, -0.1) is 5.10 Å². The summed E-state index contributed by atoms with van der Waals surface area (Å²) in [5, 5.41) is 18.5. The Bertz CT molecular complexity index is 987. The molecule has 0 aliphatic heterocycles. The molecule has 0 bridgehead atoms. The van der Waals surface area contributed by atoms with Gasteiger partial charge in [-0.1, -0.05) is 0 Å². The maximum atomic E-state index is 12.0. The number of carbonyl (C=O) groups is 1. The summed E-state index contributed by atoms with van der Waals surface area (Å²) in [6.07, 6.45) is 2.80. The number of tetrazole rings is 1. The van der Waals surface area contributed by atoms with Gasteiger partial charge in [0.2, 0.25) is 5.65 Å². The Morgan fingerprint density at radius 2 is 2.21 bits per heavy atom. The smallest absolute Gasteiger partial charge is 0.407 e. The monoisotopic (exact) mass is 406 g/mol. The number of pyridine rings is 2. The minimum absolute atomic E-state index is 0.255. The van der Waals surface area contributed by atoms with E-state index in [9.17, 15) is 4.79 Å². The van der Waals surface area contributed by atoms with Crippen LogP contribution in [0.2, 0.25) is 0 Å². The number of aromatic nitrogens is 5. The Balaban J connectivity index is 1.87. The molecular formula is C16H23N8O3P. The van der Waals surface area contributed by atoms with Gasteiger partial charge in [-0.3, -0.25) is 4.98 Å². The molecule has 11 nitrogen and oxygen atoms in total. The fourth-order valence-corrected chi connectivity index (χ4v) is 2.92. The van der Waals surface area contributed by atoms with Crippen LogP contribution in [0.5, 0.6) is 0 Å². The molecule has 150 valence electrons. The average molecular weight is 406 g/mol. The van der Waals surface area contributed by atoms with Crippen molar-refractivity contribution in [2.75, 3.05) is 24.2 Å². The van der Waals surface area contributed by atoms with E-state index in [0.717, 1.165) is 5.39 Å². The molecule has 3 heterocycles. The zero-order valence-electron chi connectivity index (χ0n) is 15.8. The number of fused-ring (bicyclic) bond motifs is 3. The lowest BCUT2D eigenvalue weighted by molar-refractivity contribution is 0.0524. The van der Waals surface area contributed by atoms with E-state index in [1.54, 1.807) is 33.2 Å². The van der Waals surface area contributed by atoms with Crippen LogP contribution in [0.4, 0.5) is 16.2 Å². The van der Waals surface area contributed by atoms with Gasteiger partial charge in [0.05, 0.1) is 30.0 Å². The molecule has 3 aromatic heterocycles. The van der Waals surface area contributed by atoms with Gasteiger partial charge in [-0.05, 0) is 37.3 Å². The molecule has 0 aliphatic rings. The summed E-state index contributed by atoms with van der Waals surface area (Å²) in [4.78, 5) is 16.1. The molecule has 0 saturated carbocycles. The number of ether oxygens (including phenoxy) is 1. The number of hydrogen-bond acceptors (Lipinski definition) is 9. The van der Waals surface area contributed by atoms with Crippen LogP contribution < -0.4 is 16.4 Å². The van der Waals surface area contributed by atoms with Gasteiger partial charge >= 0.3 is 6.09 Å². The number of anilines is 2. The van der Waals surface area contributed by atoms with Crippen molar-refractivity contribution in [2.24, 2.45) is 0 Å². The predicted octanol–water partition coefficient (Wildman–Crippen LogP) is 1.37. The lowest BCUT2D eigenvalue weighted by Crippen LogP contribution is -2.41. The van der Waals surface area contributed by atoms with Crippen LogP contribution in [0.15, 0.2) is 18.5 Å². The highest BCUT2D eigenvalue weighted by atomic mass is 31.0. The van der Waals surface area contributed by atoms with Gasteiger partial charge in [0.15, 0.2) is 0 Å². The molecule has 0 aromatic carbocycles. The van der Waals surface area contributed by atoms with Gasteiger partial charge in [-0.2, -0.15) is 4.52 Å². The lowest BCUT2D eigenvalue weighted by atomic mass is 10.1. The summed E-state index contributed by atoms with van der Waals surface area (Å²) in [5.41, 5.74) is 7.86. The number of hydrogen-bond donors (Lipinski definition) is 3. The van der Waals surface area contributed by atoms with Crippen LogP contribution in [0.1, 0.15) is 20.8 Å². The molecule has 0 aliphatic carbocycles. The van der Waals surface area contributed by atoms with Crippen LogP contribution >= 0.6 is 9.47 Å². The highest BCUT2D eigenvalue weighted by molar-refractivity contribution is 7.09. The molecule has 0 saturated heterocycles. The fraction of sp³-hybridized carbons (Fsp3) is 0.438. The quantitative estimate of drug-likeness (QED) is 0.517. The predicted molar refractivity (Wildman–Crippen MR) is 108 cm³/mol. The van der Waals surface area contributed by atoms with Crippen molar-refractivity contribution in [2.45, 2.75) is 32.4 Å². The van der Waals surface area contributed by atoms with Crippen molar-refractivity contribution >= 4 is 43.5 Å². The van der Waals surface area contributed by atoms with Crippen LogP contribution in [-0.4, -0.2) is 55.9 Å². The number of alkyl carbamates (subject to hydrolysis) is 1. The number of nitrogens with two attached hydrogens (primary N) is 1. The number of nitrogens with one attached hydrogen (secondary N) is 2. The van der Waals surface area contributed by atoms with Crippen molar-refractivity contribution < 1.29 is 14.1 Å². The SMILES string of the molecule is CC(C)(C)OC(=O)NC[C@@H](COP)Nc1c(N)c2nnnn2c2cnccc12. The molecule has 0 fully saturated rings. The van der Waals surface area contributed by atoms with Crippen molar-refractivity contribution in [3.63, 3.8) is 0 Å². The zero-order chi connectivity index (χ0) is 20.3. The fourth-order valence-electron chi connectivity index (χ4n) is 2.69. The maximum Gasteiger partial charge on any atom is 0.407 e. The van der Waals surface area contributed by atoms with Gasteiger partial charge in [-0.25, -0.2) is 4.79 Å². The Hall–Kier alpha value is -2.78. The molecule has 3 rings (SSSR count). The van der Waals surface area contributed by atoms with Crippen LogP contribution in [0.25, 0.3) is 16.6 Å².